The zero-order valence-corrected chi connectivity index (χ0v) is 13.9. The number of hydrogen-bond acceptors (Lipinski definition) is 3. The van der Waals surface area contributed by atoms with Gasteiger partial charge in [0.25, 0.3) is 0 Å². The zero-order chi connectivity index (χ0) is 16.1. The van der Waals surface area contributed by atoms with Crippen LogP contribution in [0.15, 0.2) is 18.2 Å². The molecule has 122 valence electrons. The predicted molar refractivity (Wildman–Crippen MR) is 86.5 cm³/mol. The lowest BCUT2D eigenvalue weighted by molar-refractivity contribution is -0.138. The van der Waals surface area contributed by atoms with E-state index < -0.39 is 11.9 Å². The van der Waals surface area contributed by atoms with Crippen LogP contribution in [0.2, 0.25) is 5.02 Å². The Kier molecular flexibility index (Phi) is 6.17. The van der Waals surface area contributed by atoms with Gasteiger partial charge in [-0.1, -0.05) is 31.5 Å². The number of rotatable bonds is 5. The van der Waals surface area contributed by atoms with Crippen molar-refractivity contribution < 1.29 is 9.18 Å². The van der Waals surface area contributed by atoms with E-state index in [0.29, 0.717) is 31.2 Å². The highest BCUT2D eigenvalue weighted by Crippen LogP contribution is 2.31. The lowest BCUT2D eigenvalue weighted by Gasteiger charge is -2.36. The molecule has 1 aromatic carbocycles. The van der Waals surface area contributed by atoms with Gasteiger partial charge in [-0.05, 0) is 25.2 Å². The molecule has 2 rings (SSSR count). The summed E-state index contributed by atoms with van der Waals surface area (Å²) in [6.07, 6.45) is 0. The molecular weight excluding hydrogens is 305 g/mol. The van der Waals surface area contributed by atoms with Gasteiger partial charge in [0.2, 0.25) is 5.91 Å². The third-order valence-corrected chi connectivity index (χ3v) is 4.44. The molecule has 1 N–H and O–H groups in total. The summed E-state index contributed by atoms with van der Waals surface area (Å²) in [5, 5.41) is 3.53. The Morgan fingerprint density at radius 1 is 1.36 bits per heavy atom. The molecule has 1 unspecified atom stereocenters. The maximum absolute atomic E-state index is 14.4. The van der Waals surface area contributed by atoms with Crippen molar-refractivity contribution in [1.82, 2.24) is 15.1 Å². The summed E-state index contributed by atoms with van der Waals surface area (Å²) >= 11 is 6.22. The molecule has 0 spiro atoms. The number of hydrogen-bond donors (Lipinski definition) is 1. The molecule has 6 heteroatoms. The second-order valence-electron chi connectivity index (χ2n) is 5.33. The summed E-state index contributed by atoms with van der Waals surface area (Å²) in [5.41, 5.74) is 0.288. The van der Waals surface area contributed by atoms with Crippen LogP contribution >= 0.6 is 11.6 Å². The van der Waals surface area contributed by atoms with Crippen molar-refractivity contribution in [2.24, 2.45) is 0 Å². The SMILES string of the molecule is CCN(CC)C(C(=O)N1CCNCC1)c1c(F)cccc1Cl. The van der Waals surface area contributed by atoms with Gasteiger partial charge in [0.15, 0.2) is 0 Å². The summed E-state index contributed by atoms with van der Waals surface area (Å²) in [4.78, 5) is 16.7. The molecule has 1 heterocycles. The minimum atomic E-state index is -0.665. The number of nitrogens with zero attached hydrogens (tertiary/aromatic N) is 2. The molecule has 0 bridgehead atoms. The van der Waals surface area contributed by atoms with Crippen molar-refractivity contribution >= 4 is 17.5 Å². The first kappa shape index (κ1) is 17.2. The number of halogens is 2. The monoisotopic (exact) mass is 327 g/mol. The Balaban J connectivity index is 2.40. The van der Waals surface area contributed by atoms with Gasteiger partial charge < -0.3 is 10.2 Å². The van der Waals surface area contributed by atoms with Crippen LogP contribution in [-0.2, 0) is 4.79 Å². The third-order valence-electron chi connectivity index (χ3n) is 4.11. The quantitative estimate of drug-likeness (QED) is 0.901. The van der Waals surface area contributed by atoms with Crippen LogP contribution in [0, 0.1) is 5.82 Å². The normalized spacial score (nSPS) is 16.9. The van der Waals surface area contributed by atoms with E-state index in [-0.39, 0.29) is 11.5 Å². The maximum Gasteiger partial charge on any atom is 0.244 e. The molecule has 1 aromatic rings. The molecular formula is C16H23ClFN3O. The summed E-state index contributed by atoms with van der Waals surface area (Å²) in [7, 11) is 0. The van der Waals surface area contributed by atoms with E-state index in [1.807, 2.05) is 18.7 Å². The molecule has 0 radical (unpaired) electrons. The highest BCUT2D eigenvalue weighted by atomic mass is 35.5. The van der Waals surface area contributed by atoms with Gasteiger partial charge in [0, 0.05) is 36.8 Å². The molecule has 0 aliphatic carbocycles. The molecule has 0 saturated carbocycles. The van der Waals surface area contributed by atoms with Gasteiger partial charge in [-0.2, -0.15) is 0 Å². The summed E-state index contributed by atoms with van der Waals surface area (Å²) < 4.78 is 14.4. The van der Waals surface area contributed by atoms with Crippen LogP contribution in [0.3, 0.4) is 0 Å². The number of likely N-dealkylation sites (N-methyl/N-ethyl adjacent to an activating group) is 1. The second-order valence-corrected chi connectivity index (χ2v) is 5.74. The first-order chi connectivity index (χ1) is 10.6. The minimum absolute atomic E-state index is 0.0720. The smallest absolute Gasteiger partial charge is 0.244 e. The number of carbonyl (C=O) groups is 1. The largest absolute Gasteiger partial charge is 0.338 e. The van der Waals surface area contributed by atoms with E-state index in [2.05, 4.69) is 5.32 Å². The van der Waals surface area contributed by atoms with E-state index in [1.165, 1.54) is 6.07 Å². The van der Waals surface area contributed by atoms with Crippen molar-refractivity contribution in [2.75, 3.05) is 39.3 Å². The van der Waals surface area contributed by atoms with Crippen molar-refractivity contribution in [2.45, 2.75) is 19.9 Å². The molecule has 22 heavy (non-hydrogen) atoms. The highest BCUT2D eigenvalue weighted by molar-refractivity contribution is 6.31. The van der Waals surface area contributed by atoms with Crippen LogP contribution in [-0.4, -0.2) is 55.0 Å². The molecule has 1 atom stereocenters. The van der Waals surface area contributed by atoms with Crippen LogP contribution in [0.5, 0.6) is 0 Å². The fraction of sp³-hybridized carbons (Fsp3) is 0.562. The Bertz CT molecular complexity index is 496. The van der Waals surface area contributed by atoms with E-state index in [4.69, 9.17) is 11.6 Å². The number of amides is 1. The number of piperazine rings is 1. The molecule has 0 aromatic heterocycles. The van der Waals surface area contributed by atoms with Crippen LogP contribution in [0.1, 0.15) is 25.5 Å². The van der Waals surface area contributed by atoms with Crippen LogP contribution in [0.25, 0.3) is 0 Å². The van der Waals surface area contributed by atoms with E-state index >= 15 is 0 Å². The standard InChI is InChI=1S/C16H23ClFN3O/c1-3-20(4-2)15(14-12(17)6-5-7-13(14)18)16(22)21-10-8-19-9-11-21/h5-7,15,19H,3-4,8-11H2,1-2H3. The summed E-state index contributed by atoms with van der Waals surface area (Å²) in [6.45, 7) is 8.06. The van der Waals surface area contributed by atoms with Gasteiger partial charge >= 0.3 is 0 Å². The second kappa shape index (κ2) is 7.90. The number of benzene rings is 1. The average Bonchev–Trinajstić information content (AvgIpc) is 2.54. The van der Waals surface area contributed by atoms with Crippen LogP contribution < -0.4 is 5.32 Å². The van der Waals surface area contributed by atoms with E-state index in [0.717, 1.165) is 13.1 Å². The number of carbonyl (C=O) groups excluding carboxylic acids is 1. The van der Waals surface area contributed by atoms with Gasteiger partial charge in [-0.15, -0.1) is 0 Å². The zero-order valence-electron chi connectivity index (χ0n) is 13.1. The molecule has 1 saturated heterocycles. The van der Waals surface area contributed by atoms with Gasteiger partial charge in [0.05, 0.1) is 0 Å². The van der Waals surface area contributed by atoms with Crippen molar-refractivity contribution in [1.29, 1.82) is 0 Å². The number of nitrogens with one attached hydrogen (secondary N) is 1. The third kappa shape index (κ3) is 3.59. The Hall–Kier alpha value is -1.17. The van der Waals surface area contributed by atoms with E-state index in [9.17, 15) is 9.18 Å². The summed E-state index contributed by atoms with van der Waals surface area (Å²) in [6, 6.07) is 3.90. The van der Waals surface area contributed by atoms with Crippen molar-refractivity contribution in [3.8, 4) is 0 Å². The van der Waals surface area contributed by atoms with Gasteiger partial charge in [0.1, 0.15) is 11.9 Å². The lowest BCUT2D eigenvalue weighted by Crippen LogP contribution is -2.51. The average molecular weight is 328 g/mol. The first-order valence-electron chi connectivity index (χ1n) is 7.77. The fourth-order valence-electron chi connectivity index (χ4n) is 2.88. The molecule has 1 fully saturated rings. The van der Waals surface area contributed by atoms with Crippen LogP contribution in [0.4, 0.5) is 4.39 Å². The topological polar surface area (TPSA) is 35.6 Å². The van der Waals surface area contributed by atoms with E-state index in [1.54, 1.807) is 17.0 Å². The highest BCUT2D eigenvalue weighted by Gasteiger charge is 2.34. The maximum atomic E-state index is 14.4. The van der Waals surface area contributed by atoms with Crippen molar-refractivity contribution in [3.05, 3.63) is 34.6 Å². The molecule has 1 amide bonds. The molecule has 1 aliphatic rings. The predicted octanol–water partition coefficient (Wildman–Crippen LogP) is 2.29. The van der Waals surface area contributed by atoms with Gasteiger partial charge in [-0.3, -0.25) is 9.69 Å². The first-order valence-corrected chi connectivity index (χ1v) is 8.15. The summed E-state index contributed by atoms with van der Waals surface area (Å²) in [5.74, 6) is -0.495. The Morgan fingerprint density at radius 3 is 2.55 bits per heavy atom. The Labute approximate surface area is 136 Å². The minimum Gasteiger partial charge on any atom is -0.338 e. The van der Waals surface area contributed by atoms with Crippen molar-refractivity contribution in [3.63, 3.8) is 0 Å². The molecule has 4 nitrogen and oxygen atoms in total. The lowest BCUT2D eigenvalue weighted by atomic mass is 10.0. The Morgan fingerprint density at radius 2 is 2.00 bits per heavy atom. The molecule has 1 aliphatic heterocycles. The van der Waals surface area contributed by atoms with Gasteiger partial charge in [-0.25, -0.2) is 4.39 Å². The fourth-order valence-corrected chi connectivity index (χ4v) is 3.15.